The lowest BCUT2D eigenvalue weighted by Gasteiger charge is -2.17. The zero-order valence-corrected chi connectivity index (χ0v) is 9.00. The van der Waals surface area contributed by atoms with Gasteiger partial charge in [0.1, 0.15) is 6.20 Å². The van der Waals surface area contributed by atoms with Crippen molar-refractivity contribution >= 4 is 21.5 Å². The van der Waals surface area contributed by atoms with E-state index in [4.69, 9.17) is 0 Å². The first-order valence-corrected chi connectivity index (χ1v) is 5.65. The summed E-state index contributed by atoms with van der Waals surface area (Å²) in [7, 11) is 0. The molecule has 1 fully saturated rings. The van der Waals surface area contributed by atoms with Crippen molar-refractivity contribution in [1.29, 1.82) is 0 Å². The predicted octanol–water partition coefficient (Wildman–Crippen LogP) is 0.851. The van der Waals surface area contributed by atoms with E-state index < -0.39 is 4.92 Å². The number of aromatic nitrogens is 1. The first kappa shape index (κ1) is 10.3. The van der Waals surface area contributed by atoms with Crippen molar-refractivity contribution in [3.63, 3.8) is 0 Å². The zero-order valence-electron chi connectivity index (χ0n) is 8.18. The Bertz CT molecular complexity index is 346. The van der Waals surface area contributed by atoms with Gasteiger partial charge in [0.05, 0.1) is 4.92 Å². The van der Waals surface area contributed by atoms with Crippen molar-refractivity contribution < 1.29 is 4.92 Å². The van der Waals surface area contributed by atoms with Crippen LogP contribution in [0.4, 0.5) is 10.1 Å². The Morgan fingerprint density at radius 1 is 1.53 bits per heavy atom. The number of anilines is 1. The molecule has 1 aromatic rings. The molecule has 0 radical (unpaired) electrons. The lowest BCUT2D eigenvalue weighted by Crippen LogP contribution is -2.27. The molecule has 6 nitrogen and oxygen atoms in total. The molecular weight excluding hydrogens is 216 g/mol. The molecule has 0 amide bonds. The second kappa shape index (κ2) is 4.54. The zero-order chi connectivity index (χ0) is 10.7. The van der Waals surface area contributed by atoms with Crippen molar-refractivity contribution in [3.8, 4) is 0 Å². The van der Waals surface area contributed by atoms with Crippen molar-refractivity contribution in [2.45, 2.75) is 6.42 Å². The molecule has 0 aliphatic carbocycles. The summed E-state index contributed by atoms with van der Waals surface area (Å²) in [5.41, 5.74) is 0. The molecule has 82 valence electrons. The Morgan fingerprint density at radius 3 is 3.13 bits per heavy atom. The van der Waals surface area contributed by atoms with Crippen LogP contribution in [0.5, 0.6) is 0 Å². The van der Waals surface area contributed by atoms with E-state index in [2.05, 4.69) is 15.2 Å². The normalized spacial score (nSPS) is 17.5. The van der Waals surface area contributed by atoms with Crippen LogP contribution >= 0.6 is 11.3 Å². The molecule has 0 spiro atoms. The summed E-state index contributed by atoms with van der Waals surface area (Å²) in [6, 6.07) is 0. The number of nitrogens with zero attached hydrogens (tertiary/aromatic N) is 3. The molecular formula is C8H12N4O2S. The van der Waals surface area contributed by atoms with Crippen LogP contribution in [0.15, 0.2) is 6.20 Å². The highest BCUT2D eigenvalue weighted by molar-refractivity contribution is 7.18. The van der Waals surface area contributed by atoms with Gasteiger partial charge in [-0.25, -0.2) is 4.98 Å². The standard InChI is InChI=1S/C8H12N4O2S/c13-12(14)7-6-10-8(15-7)11-4-1-2-9-3-5-11/h6,9H,1-5H2. The second-order valence-electron chi connectivity index (χ2n) is 3.33. The molecule has 0 saturated carbocycles. The van der Waals surface area contributed by atoms with Crippen molar-refractivity contribution in [2.75, 3.05) is 31.1 Å². The van der Waals surface area contributed by atoms with E-state index in [1.54, 1.807) is 0 Å². The average Bonchev–Trinajstić information content (AvgIpc) is 2.55. The van der Waals surface area contributed by atoms with E-state index in [9.17, 15) is 10.1 Å². The van der Waals surface area contributed by atoms with E-state index in [1.807, 2.05) is 0 Å². The van der Waals surface area contributed by atoms with Gasteiger partial charge >= 0.3 is 5.00 Å². The fourth-order valence-electron chi connectivity index (χ4n) is 1.52. The lowest BCUT2D eigenvalue weighted by molar-refractivity contribution is -0.380. The third kappa shape index (κ3) is 2.42. The Morgan fingerprint density at radius 2 is 2.40 bits per heavy atom. The van der Waals surface area contributed by atoms with Crippen LogP contribution in [-0.2, 0) is 0 Å². The molecule has 0 unspecified atom stereocenters. The van der Waals surface area contributed by atoms with Gasteiger partial charge in [-0.05, 0) is 24.3 Å². The van der Waals surface area contributed by atoms with Gasteiger partial charge in [-0.2, -0.15) is 0 Å². The fraction of sp³-hybridized carbons (Fsp3) is 0.625. The molecule has 7 heteroatoms. The van der Waals surface area contributed by atoms with Crippen molar-refractivity contribution in [1.82, 2.24) is 10.3 Å². The lowest BCUT2D eigenvalue weighted by atomic mass is 10.4. The van der Waals surface area contributed by atoms with E-state index in [-0.39, 0.29) is 5.00 Å². The van der Waals surface area contributed by atoms with Crippen LogP contribution in [0, 0.1) is 10.1 Å². The summed E-state index contributed by atoms with van der Waals surface area (Å²) in [5, 5.41) is 14.7. The fourth-order valence-corrected chi connectivity index (χ4v) is 2.31. The van der Waals surface area contributed by atoms with Crippen LogP contribution in [0.1, 0.15) is 6.42 Å². The Hall–Kier alpha value is -1.21. The van der Waals surface area contributed by atoms with Crippen LogP contribution in [0.3, 0.4) is 0 Å². The van der Waals surface area contributed by atoms with Gasteiger partial charge in [0, 0.05) is 19.6 Å². The van der Waals surface area contributed by atoms with E-state index in [1.165, 1.54) is 6.20 Å². The molecule has 1 N–H and O–H groups in total. The molecule has 1 saturated heterocycles. The minimum Gasteiger partial charge on any atom is -0.347 e. The minimum atomic E-state index is -0.392. The summed E-state index contributed by atoms with van der Waals surface area (Å²) < 4.78 is 0. The maximum absolute atomic E-state index is 10.5. The Kier molecular flexibility index (Phi) is 3.12. The summed E-state index contributed by atoms with van der Waals surface area (Å²) in [6.45, 7) is 3.69. The molecule has 2 heterocycles. The van der Waals surface area contributed by atoms with Crippen LogP contribution in [0.2, 0.25) is 0 Å². The molecule has 0 aromatic carbocycles. The van der Waals surface area contributed by atoms with Gasteiger partial charge < -0.3 is 10.2 Å². The van der Waals surface area contributed by atoms with E-state index >= 15 is 0 Å². The topological polar surface area (TPSA) is 71.3 Å². The van der Waals surface area contributed by atoms with E-state index in [0.717, 1.165) is 49.1 Å². The van der Waals surface area contributed by atoms with Crippen molar-refractivity contribution in [3.05, 3.63) is 16.3 Å². The molecule has 1 aromatic heterocycles. The van der Waals surface area contributed by atoms with Crippen LogP contribution < -0.4 is 10.2 Å². The average molecular weight is 228 g/mol. The number of nitro groups is 1. The summed E-state index contributed by atoms with van der Waals surface area (Å²) in [4.78, 5) is 16.3. The largest absolute Gasteiger partial charge is 0.347 e. The molecule has 1 aliphatic heterocycles. The van der Waals surface area contributed by atoms with Gasteiger partial charge in [-0.1, -0.05) is 0 Å². The maximum atomic E-state index is 10.5. The highest BCUT2D eigenvalue weighted by Crippen LogP contribution is 2.28. The summed E-state index contributed by atoms with van der Waals surface area (Å²) in [6.07, 6.45) is 2.38. The van der Waals surface area contributed by atoms with E-state index in [0.29, 0.717) is 0 Å². The SMILES string of the molecule is O=[N+]([O-])c1cnc(N2CCCNCC2)s1. The van der Waals surface area contributed by atoms with Gasteiger partial charge in [0.25, 0.3) is 0 Å². The third-order valence-electron chi connectivity index (χ3n) is 2.27. The van der Waals surface area contributed by atoms with Gasteiger partial charge in [-0.3, -0.25) is 10.1 Å². The van der Waals surface area contributed by atoms with Crippen LogP contribution in [-0.4, -0.2) is 36.1 Å². The van der Waals surface area contributed by atoms with Crippen molar-refractivity contribution in [2.24, 2.45) is 0 Å². The van der Waals surface area contributed by atoms with Crippen LogP contribution in [0.25, 0.3) is 0 Å². The smallest absolute Gasteiger partial charge is 0.345 e. The maximum Gasteiger partial charge on any atom is 0.345 e. The number of hydrogen-bond acceptors (Lipinski definition) is 6. The highest BCUT2D eigenvalue weighted by atomic mass is 32.1. The van der Waals surface area contributed by atoms with Gasteiger partial charge in [-0.15, -0.1) is 0 Å². The number of hydrogen-bond donors (Lipinski definition) is 1. The molecule has 1 aliphatic rings. The Labute approximate surface area is 91.1 Å². The molecule has 15 heavy (non-hydrogen) atoms. The number of nitrogens with one attached hydrogen (secondary N) is 1. The highest BCUT2D eigenvalue weighted by Gasteiger charge is 2.17. The first-order chi connectivity index (χ1) is 7.27. The molecule has 0 atom stereocenters. The van der Waals surface area contributed by atoms with Gasteiger partial charge in [0.15, 0.2) is 5.13 Å². The first-order valence-electron chi connectivity index (χ1n) is 4.83. The quantitative estimate of drug-likeness (QED) is 0.600. The second-order valence-corrected chi connectivity index (χ2v) is 4.32. The molecule has 2 rings (SSSR count). The Balaban J connectivity index is 2.10. The number of rotatable bonds is 2. The van der Waals surface area contributed by atoms with Gasteiger partial charge in [0.2, 0.25) is 0 Å². The third-order valence-corrected chi connectivity index (χ3v) is 3.28. The molecule has 0 bridgehead atoms. The minimum absolute atomic E-state index is 0.113. The number of thiazole rings is 1. The monoisotopic (exact) mass is 228 g/mol. The summed E-state index contributed by atoms with van der Waals surface area (Å²) in [5.74, 6) is 0. The predicted molar refractivity (Wildman–Crippen MR) is 58.5 cm³/mol. The summed E-state index contributed by atoms with van der Waals surface area (Å²) >= 11 is 1.14.